The van der Waals surface area contributed by atoms with Crippen molar-refractivity contribution >= 4 is 22.5 Å². The van der Waals surface area contributed by atoms with Crippen LogP contribution in [0.25, 0.3) is 10.8 Å². The summed E-state index contributed by atoms with van der Waals surface area (Å²) < 4.78 is 1.77. The lowest BCUT2D eigenvalue weighted by molar-refractivity contribution is -0.681. The van der Waals surface area contributed by atoms with Crippen LogP contribution in [0.15, 0.2) is 67.0 Å². The monoisotopic (exact) mass is 291 g/mol. The normalized spacial score (nSPS) is 10.5. The molecular formula is C18H15N2O2+. The van der Waals surface area contributed by atoms with Gasteiger partial charge < -0.3 is 5.73 Å². The van der Waals surface area contributed by atoms with E-state index in [1.165, 1.54) is 0 Å². The van der Waals surface area contributed by atoms with Gasteiger partial charge in [0, 0.05) is 11.6 Å². The summed E-state index contributed by atoms with van der Waals surface area (Å²) in [6.07, 6.45) is 3.62. The lowest BCUT2D eigenvalue weighted by atomic mass is 10.1. The van der Waals surface area contributed by atoms with E-state index >= 15 is 0 Å². The molecule has 0 radical (unpaired) electrons. The molecule has 0 spiro atoms. The number of carbonyl (C=O) groups is 2. The van der Waals surface area contributed by atoms with Gasteiger partial charge in [-0.3, -0.25) is 9.59 Å². The Bertz CT molecular complexity index is 857. The summed E-state index contributed by atoms with van der Waals surface area (Å²) in [6, 6.07) is 16.4. The highest BCUT2D eigenvalue weighted by molar-refractivity contribution is 6.05. The highest BCUT2D eigenvalue weighted by Crippen LogP contribution is 2.16. The molecule has 3 rings (SSSR count). The second-order valence-corrected chi connectivity index (χ2v) is 5.08. The molecule has 108 valence electrons. The maximum atomic E-state index is 12.3. The number of benzene rings is 2. The summed E-state index contributed by atoms with van der Waals surface area (Å²) in [7, 11) is 0. The molecule has 0 saturated heterocycles. The first-order valence-electron chi connectivity index (χ1n) is 6.95. The van der Waals surface area contributed by atoms with Gasteiger partial charge in [-0.25, -0.2) is 0 Å². The van der Waals surface area contributed by atoms with E-state index in [0.29, 0.717) is 11.1 Å². The van der Waals surface area contributed by atoms with Gasteiger partial charge in [0.2, 0.25) is 18.2 Å². The largest absolute Gasteiger partial charge is 0.366 e. The molecule has 22 heavy (non-hydrogen) atoms. The van der Waals surface area contributed by atoms with Crippen LogP contribution in [0.1, 0.15) is 20.7 Å². The Morgan fingerprint density at radius 1 is 0.955 bits per heavy atom. The first-order chi connectivity index (χ1) is 10.6. The standard InChI is InChI=1S/C18H14N2O2/c19-18(22)15-8-4-7-13-9-10-20(11-16(13)15)12-17(21)14-5-2-1-3-6-14/h1-11H,12H2,(H-,19,22)/p+1. The summed E-state index contributed by atoms with van der Waals surface area (Å²) >= 11 is 0. The molecule has 0 atom stereocenters. The van der Waals surface area contributed by atoms with Gasteiger partial charge in [-0.15, -0.1) is 0 Å². The summed E-state index contributed by atoms with van der Waals surface area (Å²) in [5.41, 5.74) is 6.53. The van der Waals surface area contributed by atoms with Gasteiger partial charge >= 0.3 is 0 Å². The Kier molecular flexibility index (Phi) is 3.66. The summed E-state index contributed by atoms with van der Waals surface area (Å²) in [6.45, 7) is 0.215. The Morgan fingerprint density at radius 3 is 2.45 bits per heavy atom. The highest BCUT2D eigenvalue weighted by atomic mass is 16.1. The molecule has 4 heteroatoms. The number of hydrogen-bond donors (Lipinski definition) is 1. The molecule has 2 N–H and O–H groups in total. The van der Waals surface area contributed by atoms with E-state index < -0.39 is 5.91 Å². The fourth-order valence-corrected chi connectivity index (χ4v) is 2.45. The molecule has 3 aromatic rings. The van der Waals surface area contributed by atoms with Gasteiger partial charge in [-0.05, 0) is 11.5 Å². The van der Waals surface area contributed by atoms with E-state index in [-0.39, 0.29) is 12.3 Å². The molecule has 0 aliphatic heterocycles. The number of carbonyl (C=O) groups excluding carboxylic acids is 2. The van der Waals surface area contributed by atoms with E-state index in [9.17, 15) is 9.59 Å². The molecule has 2 aromatic carbocycles. The summed E-state index contributed by atoms with van der Waals surface area (Å²) in [5, 5.41) is 1.66. The van der Waals surface area contributed by atoms with Gasteiger partial charge in [-0.1, -0.05) is 42.5 Å². The number of rotatable bonds is 4. The Labute approximate surface area is 127 Å². The van der Waals surface area contributed by atoms with Crippen molar-refractivity contribution in [2.75, 3.05) is 0 Å². The minimum Gasteiger partial charge on any atom is -0.366 e. The van der Waals surface area contributed by atoms with E-state index in [0.717, 1.165) is 10.8 Å². The van der Waals surface area contributed by atoms with Crippen molar-refractivity contribution in [2.45, 2.75) is 6.54 Å². The van der Waals surface area contributed by atoms with Crippen LogP contribution in [0.3, 0.4) is 0 Å². The second-order valence-electron chi connectivity index (χ2n) is 5.08. The average Bonchev–Trinajstić information content (AvgIpc) is 2.55. The average molecular weight is 291 g/mol. The van der Waals surface area contributed by atoms with Crippen molar-refractivity contribution in [3.8, 4) is 0 Å². The van der Waals surface area contributed by atoms with Crippen LogP contribution >= 0.6 is 0 Å². The molecule has 1 aromatic heterocycles. The lowest BCUT2D eigenvalue weighted by Gasteiger charge is -2.03. The maximum absolute atomic E-state index is 12.3. The fourth-order valence-electron chi connectivity index (χ4n) is 2.45. The van der Waals surface area contributed by atoms with Gasteiger partial charge in [0.1, 0.15) is 0 Å². The minimum absolute atomic E-state index is 0.0153. The topological polar surface area (TPSA) is 64.0 Å². The molecule has 0 aliphatic rings. The summed E-state index contributed by atoms with van der Waals surface area (Å²) in [5.74, 6) is -0.459. The third kappa shape index (κ3) is 2.72. The summed E-state index contributed by atoms with van der Waals surface area (Å²) in [4.78, 5) is 23.8. The molecule has 0 unspecified atom stereocenters. The highest BCUT2D eigenvalue weighted by Gasteiger charge is 2.14. The van der Waals surface area contributed by atoms with Gasteiger partial charge in [0.15, 0.2) is 12.4 Å². The number of hydrogen-bond acceptors (Lipinski definition) is 2. The molecule has 0 aliphatic carbocycles. The van der Waals surface area contributed by atoms with Crippen molar-refractivity contribution in [3.05, 3.63) is 78.1 Å². The zero-order chi connectivity index (χ0) is 15.5. The van der Waals surface area contributed by atoms with Crippen molar-refractivity contribution in [1.29, 1.82) is 0 Å². The van der Waals surface area contributed by atoms with Crippen molar-refractivity contribution in [3.63, 3.8) is 0 Å². The molecule has 0 saturated carbocycles. The Balaban J connectivity index is 1.97. The van der Waals surface area contributed by atoms with Crippen molar-refractivity contribution in [2.24, 2.45) is 5.73 Å². The number of ketones is 1. The van der Waals surface area contributed by atoms with Crippen LogP contribution < -0.4 is 10.3 Å². The lowest BCUT2D eigenvalue weighted by Crippen LogP contribution is -2.37. The van der Waals surface area contributed by atoms with Crippen LogP contribution in [-0.4, -0.2) is 11.7 Å². The van der Waals surface area contributed by atoms with Crippen molar-refractivity contribution < 1.29 is 14.2 Å². The number of pyridine rings is 1. The molecule has 1 amide bonds. The first kappa shape index (κ1) is 13.9. The van der Waals surface area contributed by atoms with Crippen LogP contribution in [0.2, 0.25) is 0 Å². The molecule has 0 fully saturated rings. The molecular weight excluding hydrogens is 276 g/mol. The number of nitrogens with two attached hydrogens (primary N) is 1. The van der Waals surface area contributed by atoms with Crippen LogP contribution in [0.4, 0.5) is 0 Å². The Morgan fingerprint density at radius 2 is 1.73 bits per heavy atom. The zero-order valence-corrected chi connectivity index (χ0v) is 11.9. The third-order valence-corrected chi connectivity index (χ3v) is 3.57. The van der Waals surface area contributed by atoms with Crippen LogP contribution in [-0.2, 0) is 6.54 Å². The second kappa shape index (κ2) is 5.77. The predicted molar refractivity (Wildman–Crippen MR) is 83.4 cm³/mol. The quantitative estimate of drug-likeness (QED) is 0.591. The number of primary amides is 1. The number of nitrogens with zero attached hydrogens (tertiary/aromatic N) is 1. The Hall–Kier alpha value is -3.01. The zero-order valence-electron chi connectivity index (χ0n) is 11.9. The number of amides is 1. The van der Waals surface area contributed by atoms with Gasteiger partial charge in [0.25, 0.3) is 0 Å². The smallest absolute Gasteiger partial charge is 0.249 e. The van der Waals surface area contributed by atoms with Crippen molar-refractivity contribution in [1.82, 2.24) is 0 Å². The number of fused-ring (bicyclic) bond motifs is 1. The predicted octanol–water partition coefficient (Wildman–Crippen LogP) is 2.11. The molecule has 1 heterocycles. The van der Waals surface area contributed by atoms with E-state index in [1.54, 1.807) is 35.0 Å². The minimum atomic E-state index is -0.474. The first-order valence-corrected chi connectivity index (χ1v) is 6.95. The molecule has 4 nitrogen and oxygen atoms in total. The third-order valence-electron chi connectivity index (χ3n) is 3.57. The SMILES string of the molecule is NC(=O)c1cccc2cc[n+](CC(=O)c3ccccc3)cc12. The van der Waals surface area contributed by atoms with E-state index in [2.05, 4.69) is 0 Å². The van der Waals surface area contributed by atoms with Crippen LogP contribution in [0, 0.1) is 0 Å². The van der Waals surface area contributed by atoms with Gasteiger partial charge in [-0.2, -0.15) is 4.57 Å². The van der Waals surface area contributed by atoms with Gasteiger partial charge in [0.05, 0.1) is 10.9 Å². The maximum Gasteiger partial charge on any atom is 0.249 e. The van der Waals surface area contributed by atoms with E-state index in [1.807, 2.05) is 36.5 Å². The van der Waals surface area contributed by atoms with E-state index in [4.69, 9.17) is 5.73 Å². The van der Waals surface area contributed by atoms with Crippen LogP contribution in [0.5, 0.6) is 0 Å². The molecule has 0 bridgehead atoms. The number of Topliss-reactive ketones (excluding diaryl/α,β-unsaturated/α-hetero) is 1. The fraction of sp³-hybridized carbons (Fsp3) is 0.0556. The number of aromatic nitrogens is 1.